The first-order valence-electron chi connectivity index (χ1n) is 5.43. The lowest BCUT2D eigenvalue weighted by molar-refractivity contribution is -0.137. The van der Waals surface area contributed by atoms with Gasteiger partial charge in [0.15, 0.2) is 0 Å². The molecule has 3 amide bonds. The lowest BCUT2D eigenvalue weighted by Gasteiger charge is -2.17. The maximum Gasteiger partial charge on any atom is 0.322 e. The van der Waals surface area contributed by atoms with Crippen LogP contribution in [0.3, 0.4) is 0 Å². The lowest BCUT2D eigenvalue weighted by Crippen LogP contribution is -2.44. The molecule has 8 heteroatoms. The van der Waals surface area contributed by atoms with Gasteiger partial charge in [-0.3, -0.25) is 9.59 Å². The van der Waals surface area contributed by atoms with Crippen molar-refractivity contribution in [2.24, 2.45) is 0 Å². The Kier molecular flexibility index (Phi) is 8.29. The molecule has 0 heterocycles. The monoisotopic (exact) mass is 261 g/mol. The first-order valence-corrected chi connectivity index (χ1v) is 5.43. The summed E-state index contributed by atoms with van der Waals surface area (Å²) in [5, 5.41) is 12.8. The second-order valence-corrected chi connectivity index (χ2v) is 3.60. The largest absolute Gasteiger partial charge is 0.480 e. The number of carboxylic acids is 1. The number of nitrogens with zero attached hydrogens (tertiary/aromatic N) is 1. The van der Waals surface area contributed by atoms with E-state index in [2.05, 4.69) is 10.6 Å². The average Bonchev–Trinajstić information content (AvgIpc) is 2.33. The standard InChI is InChI=1S/C10H19N3O5/c1-13(4-3-5-18-2)10(17)12-6-8(14)11-7-9(15)16/h3-7H2,1-2H3,(H,11,14)(H,12,17)(H,15,16). The fourth-order valence-corrected chi connectivity index (χ4v) is 1.08. The summed E-state index contributed by atoms with van der Waals surface area (Å²) >= 11 is 0. The zero-order valence-corrected chi connectivity index (χ0v) is 10.6. The molecule has 0 spiro atoms. The number of methoxy groups -OCH3 is 1. The molecule has 104 valence electrons. The molecule has 8 nitrogen and oxygen atoms in total. The molecule has 0 rings (SSSR count). The second kappa shape index (κ2) is 9.23. The Hall–Kier alpha value is -1.83. The molecule has 0 aliphatic heterocycles. The van der Waals surface area contributed by atoms with Crippen molar-refractivity contribution in [1.82, 2.24) is 15.5 Å². The molecular weight excluding hydrogens is 242 g/mol. The van der Waals surface area contributed by atoms with Gasteiger partial charge in [-0.05, 0) is 6.42 Å². The third-order valence-corrected chi connectivity index (χ3v) is 2.03. The van der Waals surface area contributed by atoms with Crippen molar-refractivity contribution in [3.8, 4) is 0 Å². The van der Waals surface area contributed by atoms with Gasteiger partial charge in [-0.1, -0.05) is 0 Å². The van der Waals surface area contributed by atoms with Gasteiger partial charge >= 0.3 is 12.0 Å². The topological polar surface area (TPSA) is 108 Å². The minimum atomic E-state index is -1.13. The number of amides is 3. The summed E-state index contributed by atoms with van der Waals surface area (Å²) in [4.78, 5) is 34.2. The van der Waals surface area contributed by atoms with Crippen molar-refractivity contribution in [1.29, 1.82) is 0 Å². The molecule has 0 saturated carbocycles. The Balaban J connectivity index is 3.74. The molecule has 0 aromatic heterocycles. The SMILES string of the molecule is COCCCN(C)C(=O)NCC(=O)NCC(=O)O. The molecule has 0 saturated heterocycles. The third-order valence-electron chi connectivity index (χ3n) is 2.03. The molecule has 0 aromatic carbocycles. The Morgan fingerprint density at radius 2 is 1.89 bits per heavy atom. The van der Waals surface area contributed by atoms with Crippen LogP contribution in [0.4, 0.5) is 4.79 Å². The Labute approximate surface area is 105 Å². The molecule has 3 N–H and O–H groups in total. The smallest absolute Gasteiger partial charge is 0.322 e. The van der Waals surface area contributed by atoms with Gasteiger partial charge < -0.3 is 25.4 Å². The van der Waals surface area contributed by atoms with E-state index >= 15 is 0 Å². The van der Waals surface area contributed by atoms with E-state index in [9.17, 15) is 14.4 Å². The Bertz CT molecular complexity index is 295. The number of nitrogens with one attached hydrogen (secondary N) is 2. The first kappa shape index (κ1) is 16.2. The summed E-state index contributed by atoms with van der Waals surface area (Å²) in [7, 11) is 3.17. The van der Waals surface area contributed by atoms with Gasteiger partial charge in [0, 0.05) is 27.3 Å². The van der Waals surface area contributed by atoms with E-state index in [1.54, 1.807) is 14.2 Å². The van der Waals surface area contributed by atoms with E-state index in [0.717, 1.165) is 0 Å². The van der Waals surface area contributed by atoms with E-state index in [0.29, 0.717) is 19.6 Å². The van der Waals surface area contributed by atoms with E-state index in [1.807, 2.05) is 0 Å². The van der Waals surface area contributed by atoms with Gasteiger partial charge in [-0.15, -0.1) is 0 Å². The number of carbonyl (C=O) groups excluding carboxylic acids is 2. The van der Waals surface area contributed by atoms with Crippen molar-refractivity contribution in [2.45, 2.75) is 6.42 Å². The van der Waals surface area contributed by atoms with Crippen molar-refractivity contribution < 1.29 is 24.2 Å². The van der Waals surface area contributed by atoms with E-state index < -0.39 is 24.5 Å². The number of hydrogen-bond donors (Lipinski definition) is 3. The van der Waals surface area contributed by atoms with Gasteiger partial charge in [-0.25, -0.2) is 4.79 Å². The van der Waals surface area contributed by atoms with Crippen LogP contribution < -0.4 is 10.6 Å². The van der Waals surface area contributed by atoms with Crippen LogP contribution in [0.1, 0.15) is 6.42 Å². The number of carbonyl (C=O) groups is 3. The molecule has 0 aliphatic rings. The first-order chi connectivity index (χ1) is 8.47. The fraction of sp³-hybridized carbons (Fsp3) is 0.700. The van der Waals surface area contributed by atoms with Crippen LogP contribution in [-0.4, -0.2) is 68.3 Å². The van der Waals surface area contributed by atoms with Gasteiger partial charge in [0.25, 0.3) is 0 Å². The summed E-state index contributed by atoms with van der Waals surface area (Å²) in [6.45, 7) is 0.353. The Morgan fingerprint density at radius 1 is 1.22 bits per heavy atom. The van der Waals surface area contributed by atoms with Gasteiger partial charge in [0.05, 0.1) is 6.54 Å². The number of hydrogen-bond acceptors (Lipinski definition) is 4. The molecule has 0 fully saturated rings. The average molecular weight is 261 g/mol. The molecule has 0 radical (unpaired) electrons. The van der Waals surface area contributed by atoms with Crippen LogP contribution in [0.15, 0.2) is 0 Å². The highest BCUT2D eigenvalue weighted by Crippen LogP contribution is 1.88. The molecule has 0 unspecified atom stereocenters. The van der Waals surface area contributed by atoms with Crippen molar-refractivity contribution in [3.05, 3.63) is 0 Å². The summed E-state index contributed by atoms with van der Waals surface area (Å²) < 4.78 is 4.85. The fourth-order valence-electron chi connectivity index (χ4n) is 1.08. The zero-order chi connectivity index (χ0) is 14.0. The highest BCUT2D eigenvalue weighted by atomic mass is 16.5. The summed E-state index contributed by atoms with van der Waals surface area (Å²) in [5.74, 6) is -1.68. The summed E-state index contributed by atoms with van der Waals surface area (Å²) in [5.41, 5.74) is 0. The van der Waals surface area contributed by atoms with Gasteiger partial charge in [0.2, 0.25) is 5.91 Å². The van der Waals surface area contributed by atoms with Crippen molar-refractivity contribution in [2.75, 3.05) is 40.4 Å². The van der Waals surface area contributed by atoms with Crippen LogP contribution in [-0.2, 0) is 14.3 Å². The predicted octanol–water partition coefficient (Wildman–Crippen LogP) is -1.13. The minimum absolute atomic E-state index is 0.249. The third kappa shape index (κ3) is 8.34. The minimum Gasteiger partial charge on any atom is -0.480 e. The summed E-state index contributed by atoms with van der Waals surface area (Å²) in [6, 6.07) is -0.392. The van der Waals surface area contributed by atoms with Crippen LogP contribution >= 0.6 is 0 Å². The quantitative estimate of drug-likeness (QED) is 0.479. The molecule has 0 bridgehead atoms. The number of ether oxygens (including phenoxy) is 1. The summed E-state index contributed by atoms with van der Waals surface area (Å²) in [6.07, 6.45) is 0.700. The van der Waals surface area contributed by atoms with E-state index in [4.69, 9.17) is 9.84 Å². The molecule has 0 atom stereocenters. The van der Waals surface area contributed by atoms with Crippen LogP contribution in [0.5, 0.6) is 0 Å². The molecule has 0 aliphatic carbocycles. The highest BCUT2D eigenvalue weighted by molar-refractivity contribution is 5.86. The number of aliphatic carboxylic acids is 1. The van der Waals surface area contributed by atoms with Gasteiger partial charge in [0.1, 0.15) is 6.54 Å². The molecule has 0 aromatic rings. The zero-order valence-electron chi connectivity index (χ0n) is 10.6. The Morgan fingerprint density at radius 3 is 2.44 bits per heavy atom. The van der Waals surface area contributed by atoms with Crippen molar-refractivity contribution >= 4 is 17.9 Å². The number of rotatable bonds is 8. The normalized spacial score (nSPS) is 9.67. The second-order valence-electron chi connectivity index (χ2n) is 3.60. The number of urea groups is 1. The number of carboxylic acid groups (broad SMARTS) is 1. The van der Waals surface area contributed by atoms with Crippen molar-refractivity contribution in [3.63, 3.8) is 0 Å². The van der Waals surface area contributed by atoms with Gasteiger partial charge in [-0.2, -0.15) is 0 Å². The molecule has 18 heavy (non-hydrogen) atoms. The van der Waals surface area contributed by atoms with Crippen LogP contribution in [0, 0.1) is 0 Å². The maximum atomic E-state index is 11.5. The maximum absolute atomic E-state index is 11.5. The van der Waals surface area contributed by atoms with E-state index in [1.165, 1.54) is 4.90 Å². The molecular formula is C10H19N3O5. The predicted molar refractivity (Wildman–Crippen MR) is 63.2 cm³/mol. The van der Waals surface area contributed by atoms with E-state index in [-0.39, 0.29) is 6.54 Å². The highest BCUT2D eigenvalue weighted by Gasteiger charge is 2.10. The lowest BCUT2D eigenvalue weighted by atomic mass is 10.4. The van der Waals surface area contributed by atoms with Crippen LogP contribution in [0.2, 0.25) is 0 Å². The van der Waals surface area contributed by atoms with Crippen LogP contribution in [0.25, 0.3) is 0 Å².